The van der Waals surface area contributed by atoms with Gasteiger partial charge in [-0.05, 0) is 23.8 Å². The molecule has 3 aromatic rings. The monoisotopic (exact) mass is 441 g/mol. The summed E-state index contributed by atoms with van der Waals surface area (Å²) in [5.74, 6) is -1.40. The number of hydrogen-bond acceptors (Lipinski definition) is 5. The van der Waals surface area contributed by atoms with Gasteiger partial charge in [-0.1, -0.05) is 12.1 Å². The van der Waals surface area contributed by atoms with Crippen LogP contribution in [0.4, 0.5) is 36.6 Å². The van der Waals surface area contributed by atoms with Crippen LogP contribution in [-0.2, 0) is 18.9 Å². The van der Waals surface area contributed by atoms with Crippen LogP contribution in [0.1, 0.15) is 22.5 Å². The zero-order valence-electron chi connectivity index (χ0n) is 15.2. The zero-order valence-corrected chi connectivity index (χ0v) is 15.2. The number of pyridine rings is 1. The van der Waals surface area contributed by atoms with Crippen molar-refractivity contribution in [2.45, 2.75) is 18.9 Å². The summed E-state index contributed by atoms with van der Waals surface area (Å²) in [4.78, 5) is 11.0. The van der Waals surface area contributed by atoms with Gasteiger partial charge in [0.2, 0.25) is 0 Å². The Morgan fingerprint density at radius 3 is 2.26 bits per heavy atom. The molecule has 5 nitrogen and oxygen atoms in total. The highest BCUT2D eigenvalue weighted by Crippen LogP contribution is 2.38. The fourth-order valence-corrected chi connectivity index (χ4v) is 2.69. The molecule has 0 aliphatic rings. The van der Waals surface area contributed by atoms with Crippen molar-refractivity contribution in [1.29, 1.82) is 5.26 Å². The first kappa shape index (κ1) is 21.9. The predicted molar refractivity (Wildman–Crippen MR) is 93.7 cm³/mol. The van der Waals surface area contributed by atoms with E-state index in [9.17, 15) is 30.7 Å². The van der Waals surface area contributed by atoms with E-state index in [1.54, 1.807) is 0 Å². The van der Waals surface area contributed by atoms with Crippen molar-refractivity contribution in [3.05, 3.63) is 71.2 Å². The number of aromatic nitrogens is 3. The highest BCUT2D eigenvalue weighted by Gasteiger charge is 2.41. The second-order valence-corrected chi connectivity index (χ2v) is 6.13. The molecule has 2 aromatic heterocycles. The summed E-state index contributed by atoms with van der Waals surface area (Å²) in [7, 11) is 0. The summed E-state index contributed by atoms with van der Waals surface area (Å²) in [6.07, 6.45) is -7.91. The number of nitrogens with one attached hydrogen (secondary N) is 1. The van der Waals surface area contributed by atoms with Gasteiger partial charge in [0.15, 0.2) is 0 Å². The lowest BCUT2D eigenvalue weighted by atomic mass is 10.1. The lowest BCUT2D eigenvalue weighted by Gasteiger charge is -2.17. The molecule has 1 aromatic carbocycles. The van der Waals surface area contributed by atoms with Crippen LogP contribution < -0.4 is 5.32 Å². The highest BCUT2D eigenvalue weighted by atomic mass is 19.4. The summed E-state index contributed by atoms with van der Waals surface area (Å²) in [6, 6.07) is 6.18. The predicted octanol–water partition coefficient (Wildman–Crippen LogP) is 5.20. The Labute approximate surface area is 170 Å². The van der Waals surface area contributed by atoms with E-state index in [1.807, 2.05) is 0 Å². The van der Waals surface area contributed by atoms with Gasteiger partial charge in [0.05, 0.1) is 17.8 Å². The Hall–Kier alpha value is -3.75. The Bertz CT molecular complexity index is 1130. The smallest absolute Gasteiger partial charge is 0.363 e. The van der Waals surface area contributed by atoms with Gasteiger partial charge in [0.1, 0.15) is 35.3 Å². The third kappa shape index (κ3) is 4.88. The number of rotatable bonds is 4. The second-order valence-electron chi connectivity index (χ2n) is 6.13. The number of nitriles is 1. The molecule has 160 valence electrons. The average molecular weight is 441 g/mol. The normalized spacial score (nSPS) is 11.8. The quantitative estimate of drug-likeness (QED) is 0.564. The van der Waals surface area contributed by atoms with Gasteiger partial charge in [-0.15, -0.1) is 0 Å². The van der Waals surface area contributed by atoms with E-state index in [-0.39, 0.29) is 18.3 Å². The van der Waals surface area contributed by atoms with Crippen molar-refractivity contribution in [3.8, 4) is 17.2 Å². The summed E-state index contributed by atoms with van der Waals surface area (Å²) in [5, 5.41) is 11.5. The van der Waals surface area contributed by atoms with Crippen molar-refractivity contribution < 1.29 is 30.7 Å². The van der Waals surface area contributed by atoms with Gasteiger partial charge < -0.3 is 5.32 Å². The summed E-state index contributed by atoms with van der Waals surface area (Å²) in [6.45, 7) is -0.379. The fraction of sp³-hybridized carbons (Fsp3) is 0.158. The molecule has 0 aliphatic heterocycles. The maximum atomic E-state index is 13.2. The van der Waals surface area contributed by atoms with E-state index in [4.69, 9.17) is 5.26 Å². The standard InChI is InChI=1S/C19H10F7N5/c20-11-3-1-10(2-4-11)13-7-28-9-30-15(13)8-29-17-12(6-27)14(18(21,22)23)5-16(31-17)19(24,25)26/h1-5,7,9H,8H2,(H,29,31). The maximum absolute atomic E-state index is 13.2. The number of hydrogen-bond donors (Lipinski definition) is 1. The molecule has 0 unspecified atom stereocenters. The summed E-state index contributed by atoms with van der Waals surface area (Å²) in [5.41, 5.74) is -3.65. The molecule has 1 N–H and O–H groups in total. The van der Waals surface area contributed by atoms with Crippen LogP contribution in [0.2, 0.25) is 0 Å². The molecule has 0 radical (unpaired) electrons. The molecule has 12 heteroatoms. The second kappa shape index (κ2) is 8.17. The molecular weight excluding hydrogens is 431 g/mol. The summed E-state index contributed by atoms with van der Waals surface area (Å²) < 4.78 is 92.1. The van der Waals surface area contributed by atoms with Crippen LogP contribution in [0, 0.1) is 17.1 Å². The van der Waals surface area contributed by atoms with E-state index < -0.39 is 40.8 Å². The zero-order chi connectivity index (χ0) is 22.8. The van der Waals surface area contributed by atoms with Gasteiger partial charge in [-0.25, -0.2) is 19.3 Å². The van der Waals surface area contributed by atoms with Gasteiger partial charge in [-0.3, -0.25) is 0 Å². The van der Waals surface area contributed by atoms with Crippen LogP contribution in [0.25, 0.3) is 11.1 Å². The van der Waals surface area contributed by atoms with Gasteiger partial charge in [0, 0.05) is 11.8 Å². The van der Waals surface area contributed by atoms with Crippen molar-refractivity contribution in [2.75, 3.05) is 5.32 Å². The molecule has 0 atom stereocenters. The van der Waals surface area contributed by atoms with Crippen LogP contribution >= 0.6 is 0 Å². The Balaban J connectivity index is 2.03. The van der Waals surface area contributed by atoms with E-state index in [2.05, 4.69) is 20.3 Å². The Morgan fingerprint density at radius 1 is 1.00 bits per heavy atom. The first-order chi connectivity index (χ1) is 14.5. The van der Waals surface area contributed by atoms with Crippen molar-refractivity contribution in [3.63, 3.8) is 0 Å². The van der Waals surface area contributed by atoms with E-state index in [1.165, 1.54) is 24.4 Å². The minimum atomic E-state index is -5.21. The third-order valence-electron chi connectivity index (χ3n) is 4.10. The van der Waals surface area contributed by atoms with Gasteiger partial charge in [0.25, 0.3) is 0 Å². The molecule has 2 heterocycles. The Morgan fingerprint density at radius 2 is 1.68 bits per heavy atom. The highest BCUT2D eigenvalue weighted by molar-refractivity contribution is 5.66. The topological polar surface area (TPSA) is 74.5 Å². The van der Waals surface area contributed by atoms with Crippen molar-refractivity contribution in [2.24, 2.45) is 0 Å². The van der Waals surface area contributed by atoms with Crippen LogP contribution in [0.15, 0.2) is 42.9 Å². The first-order valence-corrected chi connectivity index (χ1v) is 8.39. The molecule has 0 spiro atoms. The lowest BCUT2D eigenvalue weighted by molar-refractivity contribution is -0.145. The molecule has 31 heavy (non-hydrogen) atoms. The van der Waals surface area contributed by atoms with E-state index >= 15 is 0 Å². The first-order valence-electron chi connectivity index (χ1n) is 8.39. The van der Waals surface area contributed by atoms with Gasteiger partial charge in [-0.2, -0.15) is 31.6 Å². The molecule has 0 bridgehead atoms. The average Bonchev–Trinajstić information content (AvgIpc) is 2.71. The number of anilines is 1. The van der Waals surface area contributed by atoms with Crippen LogP contribution in [-0.4, -0.2) is 15.0 Å². The Kier molecular flexibility index (Phi) is 5.79. The molecule has 0 fully saturated rings. The van der Waals surface area contributed by atoms with Crippen molar-refractivity contribution in [1.82, 2.24) is 15.0 Å². The SMILES string of the molecule is N#Cc1c(C(F)(F)F)cc(C(F)(F)F)nc1NCc1ncncc1-c1ccc(F)cc1. The minimum absolute atomic E-state index is 0.179. The van der Waals surface area contributed by atoms with Crippen molar-refractivity contribution >= 4 is 5.82 Å². The van der Waals surface area contributed by atoms with Crippen LogP contribution in [0.5, 0.6) is 0 Å². The van der Waals surface area contributed by atoms with E-state index in [0.717, 1.165) is 18.5 Å². The fourth-order valence-electron chi connectivity index (χ4n) is 2.69. The summed E-state index contributed by atoms with van der Waals surface area (Å²) >= 11 is 0. The molecule has 0 saturated carbocycles. The number of alkyl halides is 6. The molecule has 0 aliphatic carbocycles. The third-order valence-corrected chi connectivity index (χ3v) is 4.10. The minimum Gasteiger partial charge on any atom is -0.363 e. The molecule has 3 rings (SSSR count). The number of benzene rings is 1. The largest absolute Gasteiger partial charge is 0.433 e. The molecule has 0 amide bonds. The van der Waals surface area contributed by atoms with E-state index in [0.29, 0.717) is 11.1 Å². The molecule has 0 saturated heterocycles. The molecular formula is C19H10F7N5. The number of halogens is 7. The van der Waals surface area contributed by atoms with Gasteiger partial charge >= 0.3 is 12.4 Å². The van der Waals surface area contributed by atoms with Crippen LogP contribution in [0.3, 0.4) is 0 Å². The lowest BCUT2D eigenvalue weighted by Crippen LogP contribution is -2.18. The maximum Gasteiger partial charge on any atom is 0.433 e. The number of nitrogens with zero attached hydrogens (tertiary/aromatic N) is 4.